The van der Waals surface area contributed by atoms with Gasteiger partial charge in [-0.3, -0.25) is 4.57 Å². The molecule has 2 aliphatic rings. The lowest BCUT2D eigenvalue weighted by Gasteiger charge is -2.43. The minimum Gasteiger partial charge on any atom is -0.482 e. The van der Waals surface area contributed by atoms with E-state index in [1.165, 1.54) is 0 Å². The van der Waals surface area contributed by atoms with E-state index in [0.29, 0.717) is 35.0 Å². The van der Waals surface area contributed by atoms with E-state index in [-0.39, 0.29) is 30.7 Å². The number of aryl methyl sites for hydroxylation is 1. The largest absolute Gasteiger partial charge is 0.482 e. The van der Waals surface area contributed by atoms with E-state index in [1.54, 1.807) is 0 Å². The van der Waals surface area contributed by atoms with Crippen LogP contribution in [0.15, 0.2) is 53.0 Å². The summed E-state index contributed by atoms with van der Waals surface area (Å²) in [5.74, 6) is 0.791. The quantitative estimate of drug-likeness (QED) is 0.163. The Hall–Kier alpha value is -1.66. The van der Waals surface area contributed by atoms with Gasteiger partial charge in [-0.05, 0) is 92.4 Å². The van der Waals surface area contributed by atoms with Crippen molar-refractivity contribution in [2.24, 2.45) is 35.5 Å². The number of rotatable bonds is 12. The van der Waals surface area contributed by atoms with Gasteiger partial charge in [-0.25, -0.2) is 4.79 Å². The lowest BCUT2D eigenvalue weighted by molar-refractivity contribution is -0.149. The van der Waals surface area contributed by atoms with Crippen molar-refractivity contribution in [3.05, 3.63) is 64.1 Å². The Morgan fingerprint density at radius 3 is 1.80 bits per heavy atom. The summed E-state index contributed by atoms with van der Waals surface area (Å²) in [6.07, 6.45) is 5.31. The van der Waals surface area contributed by atoms with Gasteiger partial charge in [-0.2, -0.15) is 0 Å². The minimum atomic E-state index is -4.08. The van der Waals surface area contributed by atoms with Crippen LogP contribution in [-0.4, -0.2) is 24.8 Å². The molecule has 2 aromatic carbocycles. The van der Waals surface area contributed by atoms with Crippen molar-refractivity contribution in [1.82, 2.24) is 0 Å². The molecule has 0 spiro atoms. The Kier molecular flexibility index (Phi) is 12.6. The molecule has 0 amide bonds. The van der Waals surface area contributed by atoms with Crippen molar-refractivity contribution in [3.63, 3.8) is 0 Å². The Balaban J connectivity index is 1.71. The number of esters is 1. The molecule has 44 heavy (non-hydrogen) atoms. The van der Waals surface area contributed by atoms with Gasteiger partial charge in [-0.15, -0.1) is 0 Å². The minimum absolute atomic E-state index is 0.237. The molecule has 0 N–H and O–H groups in total. The first-order valence-electron chi connectivity index (χ1n) is 16.5. The average molecular weight is 692 g/mol. The van der Waals surface area contributed by atoms with E-state index < -0.39 is 19.4 Å². The van der Waals surface area contributed by atoms with Crippen molar-refractivity contribution in [2.45, 2.75) is 105 Å². The fraction of sp³-hybridized carbons (Fsp3) is 0.639. The highest BCUT2D eigenvalue weighted by Gasteiger charge is 2.49. The number of hydrogen-bond acceptors (Lipinski definition) is 6. The Morgan fingerprint density at radius 1 is 0.818 bits per heavy atom. The first kappa shape index (κ1) is 35.2. The highest BCUT2D eigenvalue weighted by molar-refractivity contribution is 9.10. The monoisotopic (exact) mass is 690 g/mol. The fourth-order valence-corrected chi connectivity index (χ4v) is 9.42. The summed E-state index contributed by atoms with van der Waals surface area (Å²) < 4.78 is 41.9. The van der Waals surface area contributed by atoms with E-state index in [1.807, 2.05) is 55.5 Å². The van der Waals surface area contributed by atoms with Crippen LogP contribution >= 0.6 is 23.5 Å². The molecule has 8 heteroatoms. The summed E-state index contributed by atoms with van der Waals surface area (Å²) in [5.41, 5.74) is 1.68. The van der Waals surface area contributed by atoms with Gasteiger partial charge in [0.1, 0.15) is 5.75 Å². The zero-order chi connectivity index (χ0) is 32.0. The van der Waals surface area contributed by atoms with Crippen molar-refractivity contribution in [3.8, 4) is 5.75 Å². The van der Waals surface area contributed by atoms with Gasteiger partial charge in [0.15, 0.2) is 6.61 Å². The summed E-state index contributed by atoms with van der Waals surface area (Å²) >= 11 is 3.51. The van der Waals surface area contributed by atoms with Gasteiger partial charge in [0.05, 0.1) is 12.2 Å². The van der Waals surface area contributed by atoms with Crippen LogP contribution in [0.1, 0.15) is 97.0 Å². The summed E-state index contributed by atoms with van der Waals surface area (Å²) in [5, 5.41) is 0. The molecule has 6 nitrogen and oxygen atoms in total. The zero-order valence-corrected chi connectivity index (χ0v) is 30.0. The van der Waals surface area contributed by atoms with Crippen molar-refractivity contribution in [2.75, 3.05) is 6.61 Å². The number of hydrogen-bond donors (Lipinski definition) is 0. The van der Waals surface area contributed by atoms with E-state index in [2.05, 4.69) is 57.5 Å². The molecule has 2 aromatic rings. The molecule has 0 unspecified atom stereocenters. The summed E-state index contributed by atoms with van der Waals surface area (Å²) in [6, 6.07) is 14.9. The predicted octanol–water partition coefficient (Wildman–Crippen LogP) is 10.5. The number of benzene rings is 2. The van der Waals surface area contributed by atoms with Crippen LogP contribution in [-0.2, 0) is 23.1 Å². The normalized spacial score (nSPS) is 26.9. The molecular formula is C36H52BrO6P. The van der Waals surface area contributed by atoms with Gasteiger partial charge in [0.25, 0.3) is 0 Å². The lowest BCUT2D eigenvalue weighted by Crippen LogP contribution is -2.37. The van der Waals surface area contributed by atoms with Gasteiger partial charge in [0, 0.05) is 10.0 Å². The number of halogens is 1. The first-order valence-corrected chi connectivity index (χ1v) is 18.9. The second-order valence-corrected chi connectivity index (χ2v) is 16.9. The molecule has 0 aromatic heterocycles. The molecule has 0 bridgehead atoms. The van der Waals surface area contributed by atoms with Gasteiger partial charge >= 0.3 is 13.6 Å². The van der Waals surface area contributed by atoms with Crippen LogP contribution in [0.2, 0.25) is 0 Å². The third-order valence-corrected chi connectivity index (χ3v) is 12.2. The molecule has 2 saturated carbocycles. The van der Waals surface area contributed by atoms with Crippen molar-refractivity contribution < 1.29 is 27.9 Å². The molecule has 2 fully saturated rings. The summed E-state index contributed by atoms with van der Waals surface area (Å²) in [6.45, 7) is 14.9. The highest BCUT2D eigenvalue weighted by Crippen LogP contribution is 2.66. The van der Waals surface area contributed by atoms with Crippen LogP contribution in [0.3, 0.4) is 0 Å². The van der Waals surface area contributed by atoms with E-state index in [0.717, 1.165) is 48.6 Å². The van der Waals surface area contributed by atoms with Gasteiger partial charge in [-0.1, -0.05) is 100 Å². The topological polar surface area (TPSA) is 71.1 Å². The van der Waals surface area contributed by atoms with Crippen LogP contribution in [0.25, 0.3) is 0 Å². The maximum Gasteiger partial charge on any atom is 0.376 e. The van der Waals surface area contributed by atoms with Crippen LogP contribution in [0.5, 0.6) is 5.75 Å². The van der Waals surface area contributed by atoms with Crippen LogP contribution in [0.4, 0.5) is 0 Å². The smallest absolute Gasteiger partial charge is 0.376 e. The molecule has 0 aliphatic heterocycles. The molecule has 0 heterocycles. The molecule has 7 atom stereocenters. The SMILES string of the molecule is Cc1ccc(OCC(=O)O[C@H](c2ccc(Br)cc2)P(=O)(O[C@@H]2C[C@H](C)CC[C@@H]2C(C)C)O[C@@H]2C[C@H](C)CC[C@@H]2C(C)C)cc1. The first-order chi connectivity index (χ1) is 20.8. The van der Waals surface area contributed by atoms with Gasteiger partial charge < -0.3 is 18.5 Å². The maximum atomic E-state index is 15.6. The van der Waals surface area contributed by atoms with E-state index >= 15 is 4.57 Å². The van der Waals surface area contributed by atoms with Gasteiger partial charge in [0.2, 0.25) is 5.85 Å². The fourth-order valence-electron chi connectivity index (χ4n) is 6.86. The summed E-state index contributed by atoms with van der Waals surface area (Å²) in [4.78, 5) is 13.4. The Bertz CT molecular complexity index is 1210. The van der Waals surface area contributed by atoms with Crippen molar-refractivity contribution in [1.29, 1.82) is 0 Å². The number of carbonyl (C=O) groups is 1. The molecule has 2 aliphatic carbocycles. The lowest BCUT2D eigenvalue weighted by atomic mass is 9.75. The molecule has 4 rings (SSSR count). The predicted molar refractivity (Wildman–Crippen MR) is 180 cm³/mol. The standard InChI is InChI=1S/C36H52BrO6P/c1-23(2)31-18-10-26(6)20-33(31)42-44(39,43-34-21-27(7)11-19-32(34)24(3)4)36(28-12-14-29(37)15-13-28)41-35(38)22-40-30-16-8-25(5)9-17-30/h8-9,12-17,23-24,26-27,31-34,36H,10-11,18-22H2,1-7H3/t26-,27-,31-,32-,33-,34-,36+/m1/s1. The Morgan fingerprint density at radius 2 is 1.32 bits per heavy atom. The third kappa shape index (κ3) is 9.44. The van der Waals surface area contributed by atoms with E-state index in [4.69, 9.17) is 18.5 Å². The average Bonchev–Trinajstić information content (AvgIpc) is 2.96. The molecule has 0 radical (unpaired) electrons. The second-order valence-electron chi connectivity index (χ2n) is 14.0. The van der Waals surface area contributed by atoms with Crippen LogP contribution in [0, 0.1) is 42.4 Å². The third-order valence-electron chi connectivity index (χ3n) is 9.55. The maximum absolute atomic E-state index is 15.6. The molecule has 244 valence electrons. The molecule has 0 saturated heterocycles. The number of carbonyl (C=O) groups excluding carboxylic acids is 1. The zero-order valence-electron chi connectivity index (χ0n) is 27.5. The van der Waals surface area contributed by atoms with Crippen molar-refractivity contribution >= 4 is 29.5 Å². The Labute approximate surface area is 273 Å². The summed E-state index contributed by atoms with van der Waals surface area (Å²) in [7, 11) is -4.08. The van der Waals surface area contributed by atoms with Crippen LogP contribution < -0.4 is 4.74 Å². The second kappa shape index (κ2) is 15.8. The molecular weight excluding hydrogens is 639 g/mol. The van der Waals surface area contributed by atoms with E-state index in [9.17, 15) is 4.79 Å². The number of ether oxygens (including phenoxy) is 2. The highest BCUT2D eigenvalue weighted by atomic mass is 79.9.